The maximum atomic E-state index is 4.54. The first-order valence-electron chi connectivity index (χ1n) is 8.93. The van der Waals surface area contributed by atoms with Crippen molar-refractivity contribution in [2.45, 2.75) is 45.4 Å². The van der Waals surface area contributed by atoms with Crippen LogP contribution in [0.3, 0.4) is 0 Å². The lowest BCUT2D eigenvalue weighted by Crippen LogP contribution is -2.25. The van der Waals surface area contributed by atoms with Crippen molar-refractivity contribution >= 4 is 18.4 Å². The molecule has 124 valence electrons. The summed E-state index contributed by atoms with van der Waals surface area (Å²) in [4.78, 5) is 4.54. The maximum absolute atomic E-state index is 4.54. The summed E-state index contributed by atoms with van der Waals surface area (Å²) >= 11 is 0. The van der Waals surface area contributed by atoms with Crippen LogP contribution in [0.2, 0.25) is 0 Å². The van der Waals surface area contributed by atoms with Gasteiger partial charge in [-0.2, -0.15) is 0 Å². The van der Waals surface area contributed by atoms with E-state index in [1.165, 1.54) is 53.2 Å². The minimum Gasteiger partial charge on any atom is -0.288 e. The molecule has 0 radical (unpaired) electrons. The molecule has 1 heteroatoms. The lowest BCUT2D eigenvalue weighted by molar-refractivity contribution is 0.722. The Morgan fingerprint density at radius 3 is 2.33 bits per heavy atom. The minimum atomic E-state index is 0.723. The van der Waals surface area contributed by atoms with Crippen molar-refractivity contribution in [3.05, 3.63) is 69.1 Å². The Labute approximate surface area is 145 Å². The molecule has 1 aliphatic carbocycles. The van der Waals surface area contributed by atoms with Gasteiger partial charge in [0, 0.05) is 12.6 Å². The van der Waals surface area contributed by atoms with E-state index in [4.69, 9.17) is 0 Å². The molecule has 0 unspecified atom stereocenters. The third-order valence-electron chi connectivity index (χ3n) is 5.05. The molecule has 0 heterocycles. The Bertz CT molecular complexity index is 847. The summed E-state index contributed by atoms with van der Waals surface area (Å²) in [6.45, 7) is 8.49. The van der Waals surface area contributed by atoms with Crippen molar-refractivity contribution in [2.24, 2.45) is 4.99 Å². The van der Waals surface area contributed by atoms with Gasteiger partial charge in [-0.05, 0) is 66.8 Å². The van der Waals surface area contributed by atoms with Crippen LogP contribution in [0, 0.1) is 13.8 Å². The van der Waals surface area contributed by atoms with Crippen LogP contribution in [0.25, 0.3) is 12.7 Å². The summed E-state index contributed by atoms with van der Waals surface area (Å²) in [5, 5.41) is 2.27. The molecular weight excluding hydrogens is 290 g/mol. The van der Waals surface area contributed by atoms with E-state index in [9.17, 15) is 0 Å². The van der Waals surface area contributed by atoms with Crippen molar-refractivity contribution in [1.29, 1.82) is 0 Å². The maximum Gasteiger partial charge on any atom is 0.0649 e. The zero-order valence-electron chi connectivity index (χ0n) is 15.1. The van der Waals surface area contributed by atoms with Gasteiger partial charge in [-0.3, -0.25) is 4.99 Å². The molecule has 0 atom stereocenters. The Hall–Kier alpha value is -2.15. The Morgan fingerprint density at radius 2 is 1.71 bits per heavy atom. The van der Waals surface area contributed by atoms with E-state index < -0.39 is 0 Å². The Balaban J connectivity index is 2.05. The lowest BCUT2D eigenvalue weighted by atomic mass is 9.96. The normalized spacial score (nSPS) is 16.8. The summed E-state index contributed by atoms with van der Waals surface area (Å²) in [5.41, 5.74) is 6.21. The van der Waals surface area contributed by atoms with Gasteiger partial charge in [0.05, 0.1) is 5.71 Å². The second kappa shape index (κ2) is 7.17. The van der Waals surface area contributed by atoms with Crippen molar-refractivity contribution in [3.8, 4) is 0 Å². The van der Waals surface area contributed by atoms with E-state index in [0.29, 0.717) is 0 Å². The van der Waals surface area contributed by atoms with Crippen LogP contribution in [0.1, 0.15) is 53.9 Å². The molecule has 0 saturated heterocycles. The fourth-order valence-corrected chi connectivity index (χ4v) is 3.81. The van der Waals surface area contributed by atoms with Crippen molar-refractivity contribution in [2.75, 3.05) is 7.05 Å². The highest BCUT2D eigenvalue weighted by Crippen LogP contribution is 2.32. The molecule has 2 aromatic rings. The number of aryl methyl sites for hydroxylation is 2. The quantitative estimate of drug-likeness (QED) is 0.750. The van der Waals surface area contributed by atoms with Gasteiger partial charge < -0.3 is 0 Å². The largest absolute Gasteiger partial charge is 0.288 e. The lowest BCUT2D eigenvalue weighted by Gasteiger charge is -2.10. The molecule has 2 aromatic carbocycles. The number of aliphatic imine (C=N–C) groups is 1. The van der Waals surface area contributed by atoms with E-state index in [1.54, 1.807) is 0 Å². The number of hydrogen-bond acceptors (Lipinski definition) is 1. The number of hydrogen-bond donors (Lipinski definition) is 0. The molecule has 0 bridgehead atoms. The molecular formula is C23H27N. The van der Waals surface area contributed by atoms with Gasteiger partial charge in [0.2, 0.25) is 0 Å². The minimum absolute atomic E-state index is 0.723. The van der Waals surface area contributed by atoms with Crippen molar-refractivity contribution in [3.63, 3.8) is 0 Å². The SMILES string of the molecule is C=c1ccc(C2CCCC2)c/c1=C/C(=NC)c1cc(C)cc(C)c1. The van der Waals surface area contributed by atoms with Gasteiger partial charge in [0.1, 0.15) is 0 Å². The first-order chi connectivity index (χ1) is 11.6. The predicted octanol–water partition coefficient (Wildman–Crippen LogP) is 4.27. The molecule has 0 N–H and O–H groups in total. The first-order valence-corrected chi connectivity index (χ1v) is 8.93. The van der Waals surface area contributed by atoms with Gasteiger partial charge in [-0.25, -0.2) is 0 Å². The standard InChI is InChI=1S/C23H27N/c1-16-11-17(2)13-22(12-16)23(24-4)15-21-14-20(10-9-18(21)3)19-7-5-6-8-19/h9-15,19H,3,5-8H2,1-2,4H3/b21-15-,24-23?. The topological polar surface area (TPSA) is 12.4 Å². The average Bonchev–Trinajstić information content (AvgIpc) is 3.07. The summed E-state index contributed by atoms with van der Waals surface area (Å²) < 4.78 is 0. The third-order valence-corrected chi connectivity index (χ3v) is 5.05. The summed E-state index contributed by atoms with van der Waals surface area (Å²) in [5.74, 6) is 0.723. The third kappa shape index (κ3) is 3.67. The van der Waals surface area contributed by atoms with Gasteiger partial charge in [-0.1, -0.05) is 54.8 Å². The molecule has 0 spiro atoms. The van der Waals surface area contributed by atoms with Crippen LogP contribution >= 0.6 is 0 Å². The van der Waals surface area contributed by atoms with Gasteiger partial charge >= 0.3 is 0 Å². The van der Waals surface area contributed by atoms with Gasteiger partial charge in [0.25, 0.3) is 0 Å². The molecule has 1 nitrogen and oxygen atoms in total. The predicted molar refractivity (Wildman–Crippen MR) is 105 cm³/mol. The molecule has 1 fully saturated rings. The molecule has 0 aromatic heterocycles. The number of nitrogens with zero attached hydrogens (tertiary/aromatic N) is 1. The highest BCUT2D eigenvalue weighted by atomic mass is 14.7. The van der Waals surface area contributed by atoms with E-state index >= 15 is 0 Å². The monoisotopic (exact) mass is 317 g/mol. The molecule has 24 heavy (non-hydrogen) atoms. The fourth-order valence-electron chi connectivity index (χ4n) is 3.81. The first kappa shape index (κ1) is 16.7. The zero-order chi connectivity index (χ0) is 17.1. The smallest absolute Gasteiger partial charge is 0.0649 e. The zero-order valence-corrected chi connectivity index (χ0v) is 15.1. The van der Waals surface area contributed by atoms with E-state index in [2.05, 4.69) is 67.9 Å². The van der Waals surface area contributed by atoms with Crippen LogP contribution in [0.15, 0.2) is 41.4 Å². The van der Waals surface area contributed by atoms with Crippen molar-refractivity contribution < 1.29 is 0 Å². The number of rotatable bonds is 3. The van der Waals surface area contributed by atoms with Crippen molar-refractivity contribution in [1.82, 2.24) is 0 Å². The average molecular weight is 317 g/mol. The van der Waals surface area contributed by atoms with Gasteiger partial charge in [-0.15, -0.1) is 0 Å². The van der Waals surface area contributed by atoms with Crippen LogP contribution in [0.5, 0.6) is 0 Å². The molecule has 1 saturated carbocycles. The van der Waals surface area contributed by atoms with E-state index in [1.807, 2.05) is 7.05 Å². The molecule has 0 aliphatic heterocycles. The Kier molecular flexibility index (Phi) is 4.99. The summed E-state index contributed by atoms with van der Waals surface area (Å²) in [6, 6.07) is 13.4. The van der Waals surface area contributed by atoms with Crippen LogP contribution in [-0.4, -0.2) is 12.8 Å². The highest BCUT2D eigenvalue weighted by molar-refractivity contribution is 6.20. The Morgan fingerprint density at radius 1 is 1.04 bits per heavy atom. The highest BCUT2D eigenvalue weighted by Gasteiger charge is 2.16. The fraction of sp³-hybridized carbons (Fsp3) is 0.348. The molecule has 1 aliphatic rings. The van der Waals surface area contributed by atoms with E-state index in [0.717, 1.165) is 16.8 Å². The van der Waals surface area contributed by atoms with Crippen LogP contribution in [-0.2, 0) is 0 Å². The second-order valence-electron chi connectivity index (χ2n) is 7.07. The molecule has 0 amide bonds. The van der Waals surface area contributed by atoms with Crippen LogP contribution in [0.4, 0.5) is 0 Å². The summed E-state index contributed by atoms with van der Waals surface area (Å²) in [6.07, 6.45) is 7.55. The summed E-state index contributed by atoms with van der Waals surface area (Å²) in [7, 11) is 1.87. The van der Waals surface area contributed by atoms with Crippen LogP contribution < -0.4 is 10.4 Å². The number of benzene rings is 2. The molecule has 3 rings (SSSR count). The second-order valence-corrected chi connectivity index (χ2v) is 7.07. The van der Waals surface area contributed by atoms with E-state index in [-0.39, 0.29) is 0 Å². The van der Waals surface area contributed by atoms with Gasteiger partial charge in [0.15, 0.2) is 0 Å².